The molecule has 1 unspecified atom stereocenters. The molecule has 0 saturated carbocycles. The number of anilines is 1. The monoisotopic (exact) mass is 401 g/mol. The fraction of sp³-hybridized carbons (Fsp3) is 0.412. The number of alkyl halides is 3. The van der Waals surface area contributed by atoms with Gasteiger partial charge in [0.1, 0.15) is 0 Å². The maximum absolute atomic E-state index is 13.3. The Balaban J connectivity index is 1.85. The van der Waals surface area contributed by atoms with E-state index in [0.717, 1.165) is 23.3 Å². The van der Waals surface area contributed by atoms with Crippen molar-refractivity contribution in [2.45, 2.75) is 29.2 Å². The van der Waals surface area contributed by atoms with Crippen LogP contribution in [0, 0.1) is 0 Å². The zero-order valence-corrected chi connectivity index (χ0v) is 15.7. The molecule has 0 bridgehead atoms. The summed E-state index contributed by atoms with van der Waals surface area (Å²) in [7, 11) is 0. The second-order valence-corrected chi connectivity index (χ2v) is 7.72. The largest absolute Gasteiger partial charge is 0.437 e. The highest BCUT2D eigenvalue weighted by Gasteiger charge is 2.37. The lowest BCUT2D eigenvalue weighted by Crippen LogP contribution is -2.23. The molecule has 9 heteroatoms. The molecule has 4 nitrogen and oxygen atoms in total. The number of halogens is 3. The molecule has 1 aromatic carbocycles. The van der Waals surface area contributed by atoms with Gasteiger partial charge in [-0.25, -0.2) is 9.97 Å². The first-order chi connectivity index (χ1) is 12.5. The SMILES string of the molecule is CSc1ccc(-c2cnc(C(F)(F)F)c(NCC3CCCOS3)n2)cc1. The number of nitrogens with zero attached hydrogens (tertiary/aromatic N) is 2. The number of benzene rings is 1. The maximum atomic E-state index is 13.3. The van der Waals surface area contributed by atoms with Crippen molar-refractivity contribution in [2.75, 3.05) is 24.7 Å². The van der Waals surface area contributed by atoms with E-state index in [0.29, 0.717) is 18.8 Å². The van der Waals surface area contributed by atoms with Crippen LogP contribution in [0.3, 0.4) is 0 Å². The lowest BCUT2D eigenvalue weighted by molar-refractivity contribution is -0.140. The summed E-state index contributed by atoms with van der Waals surface area (Å²) in [6, 6.07) is 7.47. The lowest BCUT2D eigenvalue weighted by Gasteiger charge is -2.22. The molecule has 1 fully saturated rings. The maximum Gasteiger partial charge on any atom is 0.437 e. The van der Waals surface area contributed by atoms with Crippen LogP contribution in [0.2, 0.25) is 0 Å². The number of nitrogens with one attached hydrogen (secondary N) is 1. The topological polar surface area (TPSA) is 47.0 Å². The van der Waals surface area contributed by atoms with Crippen LogP contribution in [-0.4, -0.2) is 34.6 Å². The zero-order chi connectivity index (χ0) is 18.6. The molecular weight excluding hydrogens is 383 g/mol. The molecule has 2 heterocycles. The quantitative estimate of drug-likeness (QED) is 0.554. The van der Waals surface area contributed by atoms with Gasteiger partial charge in [-0.05, 0) is 43.3 Å². The fourth-order valence-corrected chi connectivity index (χ4v) is 3.76. The van der Waals surface area contributed by atoms with Crippen molar-refractivity contribution >= 4 is 29.6 Å². The van der Waals surface area contributed by atoms with E-state index in [1.807, 2.05) is 30.5 Å². The molecule has 0 aliphatic carbocycles. The highest BCUT2D eigenvalue weighted by atomic mass is 32.2. The van der Waals surface area contributed by atoms with Gasteiger partial charge in [0, 0.05) is 22.3 Å². The van der Waals surface area contributed by atoms with E-state index < -0.39 is 11.9 Å². The van der Waals surface area contributed by atoms with Gasteiger partial charge in [0.15, 0.2) is 11.5 Å². The number of rotatable bonds is 5. The van der Waals surface area contributed by atoms with Gasteiger partial charge < -0.3 is 9.50 Å². The summed E-state index contributed by atoms with van der Waals surface area (Å²) in [6.45, 7) is 1.02. The summed E-state index contributed by atoms with van der Waals surface area (Å²) in [5.74, 6) is -0.241. The molecule has 1 aliphatic rings. The van der Waals surface area contributed by atoms with Crippen LogP contribution < -0.4 is 5.32 Å². The van der Waals surface area contributed by atoms with E-state index in [-0.39, 0.29) is 11.1 Å². The van der Waals surface area contributed by atoms with Crippen molar-refractivity contribution in [3.63, 3.8) is 0 Å². The van der Waals surface area contributed by atoms with E-state index in [9.17, 15) is 13.2 Å². The molecule has 1 aliphatic heterocycles. The van der Waals surface area contributed by atoms with E-state index >= 15 is 0 Å². The fourth-order valence-electron chi connectivity index (χ4n) is 2.53. The standard InChI is InChI=1S/C17H18F3N3OS2/c1-25-12-6-4-11(5-7-12)14-10-21-15(17(18,19)20)16(23-14)22-9-13-3-2-8-24-26-13/h4-7,10,13H,2-3,8-9H2,1H3,(H,22,23). The predicted octanol–water partition coefficient (Wildman–Crippen LogP) is 5.12. The van der Waals surface area contributed by atoms with Gasteiger partial charge in [0.2, 0.25) is 0 Å². The highest BCUT2D eigenvalue weighted by molar-refractivity contribution is 7.98. The van der Waals surface area contributed by atoms with Crippen molar-refractivity contribution in [1.29, 1.82) is 0 Å². The summed E-state index contributed by atoms with van der Waals surface area (Å²) < 4.78 is 45.1. The molecule has 140 valence electrons. The summed E-state index contributed by atoms with van der Waals surface area (Å²) in [5, 5.41) is 2.92. The first-order valence-corrected chi connectivity index (χ1v) is 10.1. The Kier molecular flexibility index (Phi) is 6.31. The third kappa shape index (κ3) is 4.83. The van der Waals surface area contributed by atoms with Crippen LogP contribution in [0.4, 0.5) is 19.0 Å². The molecule has 1 aromatic heterocycles. The molecule has 1 saturated heterocycles. The van der Waals surface area contributed by atoms with Gasteiger partial charge >= 0.3 is 6.18 Å². The average molecular weight is 401 g/mol. The van der Waals surface area contributed by atoms with Gasteiger partial charge in [-0.1, -0.05) is 12.1 Å². The molecule has 0 spiro atoms. The van der Waals surface area contributed by atoms with Crippen LogP contribution in [0.25, 0.3) is 11.3 Å². The van der Waals surface area contributed by atoms with Gasteiger partial charge in [-0.15, -0.1) is 11.8 Å². The van der Waals surface area contributed by atoms with Crippen molar-refractivity contribution in [3.05, 3.63) is 36.2 Å². The minimum absolute atomic E-state index is 0.0937. The Labute approximate surface area is 158 Å². The summed E-state index contributed by atoms with van der Waals surface area (Å²) in [6.07, 6.45) is 0.358. The Hall–Kier alpha value is -1.45. The van der Waals surface area contributed by atoms with Crippen molar-refractivity contribution < 1.29 is 17.4 Å². The van der Waals surface area contributed by atoms with Crippen LogP contribution in [0.5, 0.6) is 0 Å². The van der Waals surface area contributed by atoms with Gasteiger partial charge in [0.05, 0.1) is 18.5 Å². The van der Waals surface area contributed by atoms with Crippen molar-refractivity contribution in [3.8, 4) is 11.3 Å². The van der Waals surface area contributed by atoms with Gasteiger partial charge in [-0.3, -0.25) is 0 Å². The number of hydrogen-bond acceptors (Lipinski definition) is 6. The van der Waals surface area contributed by atoms with Crippen molar-refractivity contribution in [2.24, 2.45) is 0 Å². The Morgan fingerprint density at radius 1 is 1.31 bits per heavy atom. The Morgan fingerprint density at radius 3 is 2.69 bits per heavy atom. The van der Waals surface area contributed by atoms with E-state index in [2.05, 4.69) is 15.3 Å². The molecule has 3 rings (SSSR count). The molecule has 0 radical (unpaired) electrons. The van der Waals surface area contributed by atoms with Crippen LogP contribution in [0.15, 0.2) is 35.4 Å². The number of hydrogen-bond donors (Lipinski definition) is 1. The molecule has 1 N–H and O–H groups in total. The third-order valence-electron chi connectivity index (χ3n) is 3.88. The third-order valence-corrected chi connectivity index (χ3v) is 5.60. The predicted molar refractivity (Wildman–Crippen MR) is 99.3 cm³/mol. The van der Waals surface area contributed by atoms with E-state index in [1.165, 1.54) is 18.2 Å². The normalized spacial score (nSPS) is 17.9. The Bertz CT molecular complexity index is 735. The van der Waals surface area contributed by atoms with Crippen LogP contribution in [-0.2, 0) is 10.4 Å². The summed E-state index contributed by atoms with van der Waals surface area (Å²) in [4.78, 5) is 8.91. The van der Waals surface area contributed by atoms with Crippen LogP contribution >= 0.6 is 23.8 Å². The molecule has 0 amide bonds. The zero-order valence-electron chi connectivity index (χ0n) is 14.0. The number of thioether (sulfide) groups is 1. The smallest absolute Gasteiger partial charge is 0.367 e. The van der Waals surface area contributed by atoms with Gasteiger partial charge in [-0.2, -0.15) is 13.2 Å². The second-order valence-electron chi connectivity index (χ2n) is 5.74. The van der Waals surface area contributed by atoms with Crippen molar-refractivity contribution in [1.82, 2.24) is 9.97 Å². The summed E-state index contributed by atoms with van der Waals surface area (Å²) >= 11 is 2.90. The first kappa shape index (κ1) is 19.3. The second kappa shape index (κ2) is 8.49. The highest BCUT2D eigenvalue weighted by Crippen LogP contribution is 2.34. The average Bonchev–Trinajstić information content (AvgIpc) is 2.66. The first-order valence-electron chi connectivity index (χ1n) is 8.08. The number of aromatic nitrogens is 2. The lowest BCUT2D eigenvalue weighted by atomic mass is 10.1. The molecule has 26 heavy (non-hydrogen) atoms. The van der Waals surface area contributed by atoms with E-state index in [4.69, 9.17) is 4.18 Å². The van der Waals surface area contributed by atoms with Crippen LogP contribution in [0.1, 0.15) is 18.5 Å². The summed E-state index contributed by atoms with van der Waals surface area (Å²) in [5.41, 5.74) is 0.131. The minimum Gasteiger partial charge on any atom is -0.367 e. The van der Waals surface area contributed by atoms with E-state index in [1.54, 1.807) is 11.8 Å². The minimum atomic E-state index is -4.56. The molecular formula is C17H18F3N3OS2. The molecule has 2 aromatic rings. The Morgan fingerprint density at radius 2 is 2.08 bits per heavy atom. The van der Waals surface area contributed by atoms with Gasteiger partial charge in [0.25, 0.3) is 0 Å². The molecule has 1 atom stereocenters.